The predicted octanol–water partition coefficient (Wildman–Crippen LogP) is 5.10. The maximum atomic E-state index is 12.2. The van der Waals surface area contributed by atoms with Crippen LogP contribution in [0.25, 0.3) is 0 Å². The van der Waals surface area contributed by atoms with Gasteiger partial charge >= 0.3 is 5.97 Å². The van der Waals surface area contributed by atoms with Crippen LogP contribution in [0.15, 0.2) is 35.5 Å². The van der Waals surface area contributed by atoms with Crippen LogP contribution in [0, 0.1) is 28.6 Å². The number of hydrogen-bond donors (Lipinski definition) is 3. The highest BCUT2D eigenvalue weighted by molar-refractivity contribution is 5.77. The van der Waals surface area contributed by atoms with Crippen molar-refractivity contribution in [3.8, 4) is 0 Å². The molecule has 3 saturated carbocycles. The van der Waals surface area contributed by atoms with E-state index in [9.17, 15) is 20.1 Å². The van der Waals surface area contributed by atoms with Crippen LogP contribution in [0.5, 0.6) is 0 Å². The molecule has 0 unspecified atom stereocenters. The van der Waals surface area contributed by atoms with Gasteiger partial charge in [-0.1, -0.05) is 49.3 Å². The van der Waals surface area contributed by atoms with Gasteiger partial charge in [0, 0.05) is 0 Å². The van der Waals surface area contributed by atoms with Crippen LogP contribution in [0.1, 0.15) is 86.0 Å². The molecule has 3 fully saturated rings. The van der Waals surface area contributed by atoms with Gasteiger partial charge in [0.2, 0.25) is 0 Å². The lowest BCUT2D eigenvalue weighted by Gasteiger charge is -2.44. The summed E-state index contributed by atoms with van der Waals surface area (Å²) in [5.74, 6) is 1.02. The minimum Gasteiger partial charge on any atom is -0.465 e. The van der Waals surface area contributed by atoms with Gasteiger partial charge in [-0.3, -0.25) is 4.79 Å². The molecule has 0 aromatic rings. The van der Waals surface area contributed by atoms with Crippen molar-refractivity contribution in [1.82, 2.24) is 0 Å². The fraction of sp³-hybridized carbons (Fsp3) is 0.759. The Bertz CT molecular complexity index is 797. The molecule has 7 atom stereocenters. The average Bonchev–Trinajstić information content (AvgIpc) is 3.12. The molecule has 0 aromatic carbocycles. The van der Waals surface area contributed by atoms with Crippen molar-refractivity contribution in [2.24, 2.45) is 28.6 Å². The third kappa shape index (κ3) is 5.85. The number of rotatable bonds is 7. The molecular weight excluding hydrogens is 428 g/mol. The normalized spacial score (nSPS) is 35.3. The maximum Gasteiger partial charge on any atom is 0.314 e. The van der Waals surface area contributed by atoms with Gasteiger partial charge in [0.05, 0.1) is 30.3 Å². The Hall–Kier alpha value is -1.43. The van der Waals surface area contributed by atoms with Gasteiger partial charge in [0.25, 0.3) is 0 Å². The third-order valence-corrected chi connectivity index (χ3v) is 8.88. The molecule has 0 aliphatic heterocycles. The van der Waals surface area contributed by atoms with Gasteiger partial charge in [-0.25, -0.2) is 0 Å². The van der Waals surface area contributed by atoms with Crippen LogP contribution in [0.2, 0.25) is 0 Å². The summed E-state index contributed by atoms with van der Waals surface area (Å²) in [5, 5.41) is 30.7. The molecule has 3 aliphatic carbocycles. The quantitative estimate of drug-likeness (QED) is 0.353. The standard InChI is InChI=1S/C29H46O5/c1-6-34-27(33)28(3,4)26(32)14-9-19(2)24-12-13-25-21(8-7-15-29(24,25)5)11-10-20-16-22(30)18-23(31)17-20/h9-11,14,19,22-26,30-32H,6-8,12-13,15-18H2,1-5H3/t19-,22-,23-,24-,25+,26-,29-/m1/s1. The summed E-state index contributed by atoms with van der Waals surface area (Å²) in [6, 6.07) is 0. The summed E-state index contributed by atoms with van der Waals surface area (Å²) in [6.45, 7) is 10.2. The molecule has 5 heteroatoms. The fourth-order valence-electron chi connectivity index (χ4n) is 6.77. The van der Waals surface area contributed by atoms with Crippen molar-refractivity contribution >= 4 is 5.97 Å². The van der Waals surface area contributed by atoms with E-state index >= 15 is 0 Å². The van der Waals surface area contributed by atoms with Gasteiger partial charge < -0.3 is 20.1 Å². The van der Waals surface area contributed by atoms with Gasteiger partial charge in [-0.2, -0.15) is 0 Å². The largest absolute Gasteiger partial charge is 0.465 e. The number of carbonyl (C=O) groups is 1. The second-order valence-electron chi connectivity index (χ2n) is 11.7. The fourth-order valence-corrected chi connectivity index (χ4v) is 6.77. The highest BCUT2D eigenvalue weighted by Gasteiger charge is 2.50. The lowest BCUT2D eigenvalue weighted by Crippen LogP contribution is -2.38. The topological polar surface area (TPSA) is 87.0 Å². The highest BCUT2D eigenvalue weighted by atomic mass is 16.5. The molecule has 192 valence electrons. The van der Waals surface area contributed by atoms with E-state index in [0.29, 0.717) is 43.6 Å². The van der Waals surface area contributed by atoms with Crippen molar-refractivity contribution in [1.29, 1.82) is 0 Å². The van der Waals surface area contributed by atoms with Gasteiger partial charge in [-0.15, -0.1) is 0 Å². The average molecular weight is 475 g/mol. The van der Waals surface area contributed by atoms with Crippen LogP contribution in [-0.2, 0) is 9.53 Å². The Labute approximate surface area is 206 Å². The summed E-state index contributed by atoms with van der Waals surface area (Å²) >= 11 is 0. The number of aliphatic hydroxyl groups is 3. The molecule has 0 amide bonds. The van der Waals surface area contributed by atoms with Crippen LogP contribution in [0.3, 0.4) is 0 Å². The molecule has 0 heterocycles. The van der Waals surface area contributed by atoms with Crippen molar-refractivity contribution in [2.45, 2.75) is 104 Å². The zero-order chi connectivity index (χ0) is 25.1. The summed E-state index contributed by atoms with van der Waals surface area (Å²) in [4.78, 5) is 12.2. The Balaban J connectivity index is 1.70. The SMILES string of the molecule is CCOC(=O)C(C)(C)[C@H](O)C=C[C@@H](C)[C@H]1CC[C@H]2C(=CC=C3C[C@@H](O)C[C@H](O)C3)CCC[C@]12C. The summed E-state index contributed by atoms with van der Waals surface area (Å²) in [5.41, 5.74) is 1.91. The molecule has 3 aliphatic rings. The summed E-state index contributed by atoms with van der Waals surface area (Å²) in [7, 11) is 0. The molecular formula is C29H46O5. The van der Waals surface area contributed by atoms with E-state index in [1.54, 1.807) is 26.8 Å². The molecule has 5 nitrogen and oxygen atoms in total. The number of hydrogen-bond acceptors (Lipinski definition) is 5. The number of ether oxygens (including phenoxy) is 1. The first-order chi connectivity index (χ1) is 16.0. The molecule has 0 radical (unpaired) electrons. The molecule has 0 aromatic heterocycles. The highest BCUT2D eigenvalue weighted by Crippen LogP contribution is 2.59. The number of aliphatic hydroxyl groups excluding tert-OH is 3. The van der Waals surface area contributed by atoms with Crippen molar-refractivity contribution < 1.29 is 24.9 Å². The van der Waals surface area contributed by atoms with Gasteiger partial charge in [0.1, 0.15) is 0 Å². The van der Waals surface area contributed by atoms with E-state index in [4.69, 9.17) is 4.74 Å². The van der Waals surface area contributed by atoms with Crippen molar-refractivity contribution in [2.75, 3.05) is 6.61 Å². The van der Waals surface area contributed by atoms with E-state index in [1.807, 2.05) is 0 Å². The molecule has 0 spiro atoms. The third-order valence-electron chi connectivity index (χ3n) is 8.88. The van der Waals surface area contributed by atoms with E-state index in [1.165, 1.54) is 24.8 Å². The van der Waals surface area contributed by atoms with E-state index in [2.05, 4.69) is 32.1 Å². The minimum atomic E-state index is -0.969. The molecule has 3 rings (SSSR count). The minimum absolute atomic E-state index is 0.222. The lowest BCUT2D eigenvalue weighted by molar-refractivity contribution is -0.158. The predicted molar refractivity (Wildman–Crippen MR) is 135 cm³/mol. The summed E-state index contributed by atoms with van der Waals surface area (Å²) < 4.78 is 5.14. The number of fused-ring (bicyclic) bond motifs is 1. The number of allylic oxidation sites excluding steroid dienone is 4. The van der Waals surface area contributed by atoms with Crippen molar-refractivity contribution in [3.05, 3.63) is 35.5 Å². The van der Waals surface area contributed by atoms with E-state index in [-0.39, 0.29) is 11.4 Å². The zero-order valence-electron chi connectivity index (χ0n) is 21.8. The van der Waals surface area contributed by atoms with Crippen LogP contribution in [-0.4, -0.2) is 46.2 Å². The molecule has 0 saturated heterocycles. The maximum absolute atomic E-state index is 12.2. The Morgan fingerprint density at radius 3 is 2.50 bits per heavy atom. The van der Waals surface area contributed by atoms with Crippen molar-refractivity contribution in [3.63, 3.8) is 0 Å². The number of carbonyl (C=O) groups excluding carboxylic acids is 1. The lowest BCUT2D eigenvalue weighted by atomic mass is 9.61. The monoisotopic (exact) mass is 474 g/mol. The molecule has 3 N–H and O–H groups in total. The number of esters is 1. The first-order valence-electron chi connectivity index (χ1n) is 13.3. The Morgan fingerprint density at radius 1 is 1.18 bits per heavy atom. The molecule has 0 bridgehead atoms. The Morgan fingerprint density at radius 2 is 1.85 bits per heavy atom. The summed E-state index contributed by atoms with van der Waals surface area (Å²) in [6.07, 6.45) is 14.3. The zero-order valence-corrected chi connectivity index (χ0v) is 21.8. The van der Waals surface area contributed by atoms with E-state index in [0.717, 1.165) is 18.4 Å². The Kier molecular flexibility index (Phi) is 8.86. The van der Waals surface area contributed by atoms with Crippen LogP contribution >= 0.6 is 0 Å². The first-order valence-corrected chi connectivity index (χ1v) is 13.3. The van der Waals surface area contributed by atoms with Crippen LogP contribution in [0.4, 0.5) is 0 Å². The second-order valence-corrected chi connectivity index (χ2v) is 11.7. The molecule has 34 heavy (non-hydrogen) atoms. The second kappa shape index (κ2) is 11.1. The smallest absolute Gasteiger partial charge is 0.314 e. The van der Waals surface area contributed by atoms with Gasteiger partial charge in [-0.05, 0) is 95.3 Å². The van der Waals surface area contributed by atoms with E-state index < -0.39 is 23.7 Å². The van der Waals surface area contributed by atoms with Crippen LogP contribution < -0.4 is 0 Å². The first kappa shape index (κ1) is 27.2. The van der Waals surface area contributed by atoms with Gasteiger partial charge in [0.15, 0.2) is 0 Å².